The van der Waals surface area contributed by atoms with Crippen LogP contribution in [0.3, 0.4) is 0 Å². The topological polar surface area (TPSA) is 160 Å². The summed E-state index contributed by atoms with van der Waals surface area (Å²) < 4.78 is 16.2. The fraction of sp³-hybridized carbons (Fsp3) is 0.263. The van der Waals surface area contributed by atoms with Gasteiger partial charge in [-0.1, -0.05) is 0 Å². The number of nitrogens with one attached hydrogen (secondary N) is 2. The van der Waals surface area contributed by atoms with Gasteiger partial charge in [0.15, 0.2) is 11.5 Å². The molecule has 0 fully saturated rings. The third-order valence-corrected chi connectivity index (χ3v) is 5.96. The van der Waals surface area contributed by atoms with Gasteiger partial charge in [0.05, 0.1) is 12.2 Å². The van der Waals surface area contributed by atoms with Crippen molar-refractivity contribution in [3.8, 4) is 11.5 Å². The summed E-state index contributed by atoms with van der Waals surface area (Å²) in [4.78, 5) is 47.1. The fourth-order valence-electron chi connectivity index (χ4n) is 3.32. The number of benzene rings is 1. The normalized spacial score (nSPS) is 16.3. The minimum Gasteiger partial charge on any atom is -0.478 e. The molecule has 0 aliphatic carbocycles. The third-order valence-electron chi connectivity index (χ3n) is 4.72. The van der Waals surface area contributed by atoms with Crippen LogP contribution in [0.5, 0.6) is 11.5 Å². The zero-order chi connectivity index (χ0) is 22.1. The summed E-state index contributed by atoms with van der Waals surface area (Å²) in [5.74, 6) is -3.73. The van der Waals surface area contributed by atoms with Crippen LogP contribution < -0.4 is 20.1 Å². The smallest absolute Gasteiger partial charge is 0.394 e. The number of hydrogen-bond donors (Lipinski definition) is 4. The lowest BCUT2D eigenvalue weighted by molar-refractivity contribution is -0.147. The molecule has 0 radical (unpaired) electrons. The van der Waals surface area contributed by atoms with Crippen LogP contribution in [0.4, 0.5) is 5.00 Å². The molecular weight excluding hydrogens is 432 g/mol. The van der Waals surface area contributed by atoms with E-state index in [9.17, 15) is 24.3 Å². The molecule has 1 aromatic carbocycles. The summed E-state index contributed by atoms with van der Waals surface area (Å²) in [6.07, 6.45) is -0.372. The van der Waals surface area contributed by atoms with Crippen molar-refractivity contribution in [2.75, 3.05) is 25.3 Å². The van der Waals surface area contributed by atoms with Crippen LogP contribution in [0, 0.1) is 0 Å². The first-order chi connectivity index (χ1) is 14.8. The average molecular weight is 448 g/mol. The number of aromatic carboxylic acids is 1. The first kappa shape index (κ1) is 20.6. The van der Waals surface area contributed by atoms with Crippen molar-refractivity contribution >= 4 is 40.1 Å². The Balaban J connectivity index is 1.52. The minimum atomic E-state index is -1.73. The van der Waals surface area contributed by atoms with E-state index in [-0.39, 0.29) is 42.8 Å². The molecule has 0 bridgehead atoms. The van der Waals surface area contributed by atoms with E-state index in [2.05, 4.69) is 10.6 Å². The summed E-state index contributed by atoms with van der Waals surface area (Å²) in [6.45, 7) is 0.344. The first-order valence-corrected chi connectivity index (χ1v) is 9.89. The Kier molecular flexibility index (Phi) is 5.48. The predicted molar refractivity (Wildman–Crippen MR) is 105 cm³/mol. The van der Waals surface area contributed by atoms with Gasteiger partial charge in [-0.25, -0.2) is 9.59 Å². The predicted octanol–water partition coefficient (Wildman–Crippen LogP) is 1.24. The maximum atomic E-state index is 12.5. The standard InChI is InChI=1S/C19H16N2O9S/c22-15(8-1-2-10-11(5-8)30-7-29-10)20-6-12-14-9(3-4-28-12)13(18(24)25)17(31-14)21-16(23)19(26)27/h1-2,5,12H,3-4,6-7H2,(H,20,22)(H,21,23)(H,24,25)(H,26,27). The van der Waals surface area contributed by atoms with Crippen LogP contribution in [-0.2, 0) is 20.7 Å². The number of aliphatic carboxylic acids is 1. The molecule has 4 rings (SSSR count). The lowest BCUT2D eigenvalue weighted by Crippen LogP contribution is -2.31. The van der Waals surface area contributed by atoms with E-state index < -0.39 is 23.9 Å². The number of thiophene rings is 1. The highest BCUT2D eigenvalue weighted by molar-refractivity contribution is 7.17. The Labute approximate surface area is 178 Å². The van der Waals surface area contributed by atoms with Crippen LogP contribution in [0.15, 0.2) is 18.2 Å². The van der Waals surface area contributed by atoms with Crippen molar-refractivity contribution in [3.63, 3.8) is 0 Å². The molecule has 12 heteroatoms. The Bertz CT molecular complexity index is 1090. The molecule has 31 heavy (non-hydrogen) atoms. The van der Waals surface area contributed by atoms with Gasteiger partial charge in [0.2, 0.25) is 6.79 Å². The summed E-state index contributed by atoms with van der Waals surface area (Å²) in [5.41, 5.74) is 0.642. The number of carboxylic acid groups (broad SMARTS) is 2. The van der Waals surface area contributed by atoms with Gasteiger partial charge in [-0.05, 0) is 30.2 Å². The third kappa shape index (κ3) is 4.02. The van der Waals surface area contributed by atoms with Gasteiger partial charge < -0.3 is 35.1 Å². The number of amides is 2. The number of carbonyl (C=O) groups is 4. The molecule has 11 nitrogen and oxygen atoms in total. The van der Waals surface area contributed by atoms with E-state index in [0.717, 1.165) is 11.3 Å². The highest BCUT2D eigenvalue weighted by Crippen LogP contribution is 2.41. The highest BCUT2D eigenvalue weighted by Gasteiger charge is 2.32. The van der Waals surface area contributed by atoms with Gasteiger partial charge in [0, 0.05) is 17.0 Å². The van der Waals surface area contributed by atoms with Crippen LogP contribution in [0.25, 0.3) is 0 Å². The molecule has 2 aliphatic heterocycles. The Morgan fingerprint density at radius 1 is 1.13 bits per heavy atom. The molecule has 1 unspecified atom stereocenters. The SMILES string of the molecule is O=C(O)C(=O)Nc1sc2c(c1C(=O)O)CCOC2CNC(=O)c1ccc2c(c1)OCO2. The lowest BCUT2D eigenvalue weighted by Gasteiger charge is -2.23. The molecule has 1 aromatic heterocycles. The molecule has 2 aromatic rings. The van der Waals surface area contributed by atoms with Crippen molar-refractivity contribution in [2.45, 2.75) is 12.5 Å². The summed E-state index contributed by atoms with van der Waals surface area (Å²) >= 11 is 0.919. The average Bonchev–Trinajstić information content (AvgIpc) is 3.35. The van der Waals surface area contributed by atoms with E-state index in [1.807, 2.05) is 0 Å². The van der Waals surface area contributed by atoms with Gasteiger partial charge >= 0.3 is 17.8 Å². The number of carbonyl (C=O) groups excluding carboxylic acids is 2. The Hall–Kier alpha value is -3.64. The van der Waals surface area contributed by atoms with Crippen LogP contribution in [0.2, 0.25) is 0 Å². The second kappa shape index (κ2) is 8.24. The van der Waals surface area contributed by atoms with Gasteiger partial charge in [0.25, 0.3) is 5.91 Å². The van der Waals surface area contributed by atoms with Gasteiger partial charge in [-0.3, -0.25) is 9.59 Å². The van der Waals surface area contributed by atoms with E-state index in [4.69, 9.17) is 19.3 Å². The van der Waals surface area contributed by atoms with E-state index in [1.165, 1.54) is 0 Å². The molecule has 4 N–H and O–H groups in total. The Morgan fingerprint density at radius 2 is 1.90 bits per heavy atom. The zero-order valence-corrected chi connectivity index (χ0v) is 16.6. The molecule has 162 valence electrons. The van der Waals surface area contributed by atoms with E-state index in [1.54, 1.807) is 18.2 Å². The highest BCUT2D eigenvalue weighted by atomic mass is 32.1. The number of anilines is 1. The van der Waals surface area contributed by atoms with E-state index >= 15 is 0 Å². The van der Waals surface area contributed by atoms with E-state index in [0.29, 0.717) is 27.5 Å². The molecule has 0 saturated carbocycles. The number of ether oxygens (including phenoxy) is 3. The molecule has 3 heterocycles. The quantitative estimate of drug-likeness (QED) is 0.493. The van der Waals surface area contributed by atoms with Gasteiger partial charge in [-0.15, -0.1) is 11.3 Å². The number of rotatable bonds is 5. The maximum Gasteiger partial charge on any atom is 0.394 e. The van der Waals surface area contributed by atoms with Crippen molar-refractivity contribution in [2.24, 2.45) is 0 Å². The van der Waals surface area contributed by atoms with Crippen molar-refractivity contribution in [3.05, 3.63) is 39.8 Å². The number of hydrogen-bond acceptors (Lipinski definition) is 8. The van der Waals surface area contributed by atoms with Crippen LogP contribution in [0.1, 0.15) is 37.3 Å². The fourth-order valence-corrected chi connectivity index (χ4v) is 4.60. The molecule has 1 atom stereocenters. The molecule has 2 aliphatic rings. The number of carboxylic acids is 2. The maximum absolute atomic E-state index is 12.5. The molecule has 2 amide bonds. The van der Waals surface area contributed by atoms with Crippen LogP contribution in [-0.4, -0.2) is 53.9 Å². The molecular formula is C19H16N2O9S. The Morgan fingerprint density at radius 3 is 2.65 bits per heavy atom. The molecule has 0 saturated heterocycles. The largest absolute Gasteiger partial charge is 0.478 e. The van der Waals surface area contributed by atoms with Crippen molar-refractivity contribution in [1.82, 2.24) is 5.32 Å². The van der Waals surface area contributed by atoms with Crippen molar-refractivity contribution in [1.29, 1.82) is 0 Å². The lowest BCUT2D eigenvalue weighted by atomic mass is 10.0. The monoisotopic (exact) mass is 448 g/mol. The summed E-state index contributed by atoms with van der Waals surface area (Å²) in [7, 11) is 0. The van der Waals surface area contributed by atoms with Crippen molar-refractivity contribution < 1.29 is 43.6 Å². The van der Waals surface area contributed by atoms with Crippen LogP contribution >= 0.6 is 11.3 Å². The second-order valence-electron chi connectivity index (χ2n) is 6.60. The first-order valence-electron chi connectivity index (χ1n) is 9.07. The minimum absolute atomic E-state index is 0.0478. The zero-order valence-electron chi connectivity index (χ0n) is 15.8. The second-order valence-corrected chi connectivity index (χ2v) is 7.65. The number of fused-ring (bicyclic) bond motifs is 2. The summed E-state index contributed by atoms with van der Waals surface area (Å²) in [5, 5.41) is 23.1. The van der Waals surface area contributed by atoms with Gasteiger partial charge in [0.1, 0.15) is 11.1 Å². The molecule has 0 spiro atoms. The summed E-state index contributed by atoms with van der Waals surface area (Å²) in [6, 6.07) is 4.77. The van der Waals surface area contributed by atoms with Gasteiger partial charge in [-0.2, -0.15) is 0 Å².